The normalized spacial score (nSPS) is 24.6. The molecule has 2 N–H and O–H groups in total. The fourth-order valence-electron chi connectivity index (χ4n) is 3.32. The summed E-state index contributed by atoms with van der Waals surface area (Å²) in [5, 5.41) is 0. The molecule has 1 nitrogen and oxygen atoms in total. The summed E-state index contributed by atoms with van der Waals surface area (Å²) in [4.78, 5) is 0. The third kappa shape index (κ3) is 4.05. The predicted molar refractivity (Wildman–Crippen MR) is 86.0 cm³/mol. The van der Waals surface area contributed by atoms with Gasteiger partial charge in [-0.15, -0.1) is 0 Å². The van der Waals surface area contributed by atoms with Gasteiger partial charge in [-0.1, -0.05) is 45.1 Å². The molecule has 1 unspecified atom stereocenters. The first kappa shape index (κ1) is 16.0. The monoisotopic (exact) mass is 341 g/mol. The van der Waals surface area contributed by atoms with Gasteiger partial charge in [-0.2, -0.15) is 0 Å². The maximum absolute atomic E-state index is 13.3. The summed E-state index contributed by atoms with van der Waals surface area (Å²) in [6.45, 7) is 2.26. The first-order valence-electron chi connectivity index (χ1n) is 7.82. The summed E-state index contributed by atoms with van der Waals surface area (Å²) in [5.74, 6) is 1.23. The molecule has 0 bridgehead atoms. The lowest BCUT2D eigenvalue weighted by atomic mass is 9.75. The van der Waals surface area contributed by atoms with Crippen molar-refractivity contribution in [2.75, 3.05) is 0 Å². The van der Waals surface area contributed by atoms with Crippen molar-refractivity contribution in [3.8, 4) is 0 Å². The van der Waals surface area contributed by atoms with Crippen molar-refractivity contribution in [1.29, 1.82) is 0 Å². The Morgan fingerprint density at radius 1 is 1.30 bits per heavy atom. The predicted octanol–water partition coefficient (Wildman–Crippen LogP) is 5.58. The van der Waals surface area contributed by atoms with E-state index in [1.807, 2.05) is 12.1 Å². The molecule has 1 aromatic carbocycles. The van der Waals surface area contributed by atoms with Crippen LogP contribution in [0.1, 0.15) is 63.5 Å². The molecular formula is C17H25BrFN. The van der Waals surface area contributed by atoms with Crippen molar-refractivity contribution < 1.29 is 4.39 Å². The van der Waals surface area contributed by atoms with Crippen LogP contribution in [0.4, 0.5) is 4.39 Å². The second kappa shape index (κ2) is 7.56. The van der Waals surface area contributed by atoms with Crippen LogP contribution in [0.25, 0.3) is 0 Å². The SMILES string of the molecule is CCCCC1CCC(C(N)c2ccc(F)c(Br)c2)CC1. The van der Waals surface area contributed by atoms with Crippen molar-refractivity contribution >= 4 is 15.9 Å². The Balaban J connectivity index is 1.91. The molecule has 1 saturated carbocycles. The maximum atomic E-state index is 13.3. The topological polar surface area (TPSA) is 26.0 Å². The number of benzene rings is 1. The Morgan fingerprint density at radius 2 is 2.00 bits per heavy atom. The van der Waals surface area contributed by atoms with Gasteiger partial charge in [-0.3, -0.25) is 0 Å². The summed E-state index contributed by atoms with van der Waals surface area (Å²) in [7, 11) is 0. The number of rotatable bonds is 5. The minimum absolute atomic E-state index is 0.0408. The van der Waals surface area contributed by atoms with Gasteiger partial charge in [0.2, 0.25) is 0 Å². The highest BCUT2D eigenvalue weighted by molar-refractivity contribution is 9.10. The summed E-state index contributed by atoms with van der Waals surface area (Å²) >= 11 is 3.25. The Kier molecular flexibility index (Phi) is 6.03. The van der Waals surface area contributed by atoms with Crippen molar-refractivity contribution in [2.45, 2.75) is 57.9 Å². The number of halogens is 2. The average Bonchev–Trinajstić information content (AvgIpc) is 2.48. The number of hydrogen-bond acceptors (Lipinski definition) is 1. The molecule has 0 amide bonds. The summed E-state index contributed by atoms with van der Waals surface area (Å²) in [5.41, 5.74) is 7.44. The summed E-state index contributed by atoms with van der Waals surface area (Å²) in [6, 6.07) is 5.21. The lowest BCUT2D eigenvalue weighted by molar-refractivity contribution is 0.232. The number of nitrogens with two attached hydrogens (primary N) is 1. The lowest BCUT2D eigenvalue weighted by Gasteiger charge is -2.32. The van der Waals surface area contributed by atoms with E-state index in [4.69, 9.17) is 5.73 Å². The van der Waals surface area contributed by atoms with Crippen LogP contribution in [0, 0.1) is 17.7 Å². The second-order valence-corrected chi connectivity index (χ2v) is 6.98. The van der Waals surface area contributed by atoms with E-state index in [1.165, 1.54) is 51.0 Å². The number of unbranched alkanes of at least 4 members (excludes halogenated alkanes) is 1. The zero-order chi connectivity index (χ0) is 14.5. The smallest absolute Gasteiger partial charge is 0.137 e. The van der Waals surface area contributed by atoms with Gasteiger partial charge in [0.1, 0.15) is 5.82 Å². The van der Waals surface area contributed by atoms with Crippen LogP contribution in [0.2, 0.25) is 0 Å². The van der Waals surface area contributed by atoms with Gasteiger partial charge < -0.3 is 5.73 Å². The van der Waals surface area contributed by atoms with E-state index in [0.29, 0.717) is 10.4 Å². The molecule has 0 spiro atoms. The molecule has 2 rings (SSSR count). The third-order valence-electron chi connectivity index (χ3n) is 4.69. The van der Waals surface area contributed by atoms with Crippen molar-refractivity contribution in [1.82, 2.24) is 0 Å². The van der Waals surface area contributed by atoms with Gasteiger partial charge in [0.15, 0.2) is 0 Å². The molecule has 1 fully saturated rings. The van der Waals surface area contributed by atoms with E-state index in [0.717, 1.165) is 11.5 Å². The molecule has 0 radical (unpaired) electrons. The van der Waals surface area contributed by atoms with E-state index >= 15 is 0 Å². The van der Waals surface area contributed by atoms with Gasteiger partial charge >= 0.3 is 0 Å². The molecule has 20 heavy (non-hydrogen) atoms. The minimum Gasteiger partial charge on any atom is -0.324 e. The largest absolute Gasteiger partial charge is 0.324 e. The number of hydrogen-bond donors (Lipinski definition) is 1. The fourth-order valence-corrected chi connectivity index (χ4v) is 3.72. The Morgan fingerprint density at radius 3 is 2.60 bits per heavy atom. The summed E-state index contributed by atoms with van der Waals surface area (Å²) < 4.78 is 13.8. The maximum Gasteiger partial charge on any atom is 0.137 e. The lowest BCUT2D eigenvalue weighted by Crippen LogP contribution is -2.26. The van der Waals surface area contributed by atoms with E-state index < -0.39 is 0 Å². The highest BCUT2D eigenvalue weighted by atomic mass is 79.9. The van der Waals surface area contributed by atoms with Crippen LogP contribution in [-0.2, 0) is 0 Å². The van der Waals surface area contributed by atoms with Crippen LogP contribution in [0.15, 0.2) is 22.7 Å². The molecular weight excluding hydrogens is 317 g/mol. The Labute approximate surface area is 130 Å². The first-order chi connectivity index (χ1) is 9.61. The van der Waals surface area contributed by atoms with Gasteiger partial charge in [-0.25, -0.2) is 4.39 Å². The van der Waals surface area contributed by atoms with E-state index in [2.05, 4.69) is 22.9 Å². The average molecular weight is 342 g/mol. The third-order valence-corrected chi connectivity index (χ3v) is 5.30. The Bertz CT molecular complexity index is 427. The quantitative estimate of drug-likeness (QED) is 0.742. The standard InChI is InChI=1S/C17H25BrFN/c1-2-3-4-12-5-7-13(8-6-12)17(20)14-9-10-16(19)15(18)11-14/h9-13,17H,2-8,20H2,1H3. The molecule has 0 saturated heterocycles. The zero-order valence-corrected chi connectivity index (χ0v) is 13.8. The molecule has 1 aromatic rings. The van der Waals surface area contributed by atoms with Crippen LogP contribution >= 0.6 is 15.9 Å². The van der Waals surface area contributed by atoms with Gasteiger partial charge in [0, 0.05) is 6.04 Å². The molecule has 3 heteroatoms. The highest BCUT2D eigenvalue weighted by Gasteiger charge is 2.26. The van der Waals surface area contributed by atoms with E-state index in [-0.39, 0.29) is 11.9 Å². The van der Waals surface area contributed by atoms with Crippen LogP contribution < -0.4 is 5.73 Å². The van der Waals surface area contributed by atoms with Gasteiger partial charge in [0.05, 0.1) is 4.47 Å². The van der Waals surface area contributed by atoms with E-state index in [9.17, 15) is 4.39 Å². The van der Waals surface area contributed by atoms with Crippen molar-refractivity contribution in [2.24, 2.45) is 17.6 Å². The van der Waals surface area contributed by atoms with Crippen LogP contribution in [0.3, 0.4) is 0 Å². The molecule has 112 valence electrons. The second-order valence-electron chi connectivity index (χ2n) is 6.12. The molecule has 1 atom stereocenters. The molecule has 0 heterocycles. The fraction of sp³-hybridized carbons (Fsp3) is 0.647. The van der Waals surface area contributed by atoms with Gasteiger partial charge in [0.25, 0.3) is 0 Å². The van der Waals surface area contributed by atoms with Crippen LogP contribution in [0.5, 0.6) is 0 Å². The first-order valence-corrected chi connectivity index (χ1v) is 8.61. The van der Waals surface area contributed by atoms with Gasteiger partial charge in [-0.05, 0) is 58.3 Å². The molecule has 1 aliphatic carbocycles. The minimum atomic E-state index is -0.218. The molecule has 1 aliphatic rings. The molecule has 0 aliphatic heterocycles. The zero-order valence-electron chi connectivity index (χ0n) is 12.2. The van der Waals surface area contributed by atoms with Crippen molar-refractivity contribution in [3.05, 3.63) is 34.1 Å². The van der Waals surface area contributed by atoms with Crippen LogP contribution in [-0.4, -0.2) is 0 Å². The van der Waals surface area contributed by atoms with Crippen molar-refractivity contribution in [3.63, 3.8) is 0 Å². The summed E-state index contributed by atoms with van der Waals surface area (Å²) in [6.07, 6.45) is 9.06. The van der Waals surface area contributed by atoms with E-state index in [1.54, 1.807) is 0 Å². The highest BCUT2D eigenvalue weighted by Crippen LogP contribution is 2.38. The molecule has 0 aromatic heterocycles. The Hall–Kier alpha value is -0.410.